The van der Waals surface area contributed by atoms with Gasteiger partial charge in [0.15, 0.2) is 0 Å². The average Bonchev–Trinajstić information content (AvgIpc) is 2.37. The minimum absolute atomic E-state index is 0. The van der Waals surface area contributed by atoms with Gasteiger partial charge in [-0.1, -0.05) is 42.5 Å². The Morgan fingerprint density at radius 2 is 1.26 bits per heavy atom. The van der Waals surface area contributed by atoms with E-state index in [4.69, 9.17) is 0 Å². The number of benzene rings is 2. The molecule has 0 bridgehead atoms. The van der Waals surface area contributed by atoms with Crippen molar-refractivity contribution in [3.05, 3.63) is 60.2 Å². The predicted octanol–water partition coefficient (Wildman–Crippen LogP) is 1.10. The molecule has 2 aromatic rings. The van der Waals surface area contributed by atoms with Crippen LogP contribution >= 0.6 is 0 Å². The van der Waals surface area contributed by atoms with Crippen molar-refractivity contribution in [1.82, 2.24) is 0 Å². The Balaban J connectivity index is 0.00000180. The first-order chi connectivity index (χ1) is 8.54. The summed E-state index contributed by atoms with van der Waals surface area (Å²) in [5, 5.41) is 0. The van der Waals surface area contributed by atoms with Crippen molar-refractivity contribution in [3.63, 3.8) is 0 Å². The number of halogens is 3. The van der Waals surface area contributed by atoms with Gasteiger partial charge in [-0.05, 0) is 23.3 Å². The largest absolute Gasteiger partial charge is 1.00 e. The van der Waals surface area contributed by atoms with Crippen LogP contribution in [0.3, 0.4) is 0 Å². The Kier molecular flexibility index (Phi) is 6.37. The average molecular weight is 284 g/mol. The summed E-state index contributed by atoms with van der Waals surface area (Å²) in [6.45, 7) is -5.05. The summed E-state index contributed by atoms with van der Waals surface area (Å²) < 4.78 is 35.9. The van der Waals surface area contributed by atoms with Gasteiger partial charge in [0.25, 0.3) is 0 Å². The van der Waals surface area contributed by atoms with Gasteiger partial charge in [-0.25, -0.2) is 0 Å². The summed E-state index contributed by atoms with van der Waals surface area (Å²) in [7, 11) is 0. The molecule has 0 aliphatic carbocycles. The zero-order chi connectivity index (χ0) is 13.0. The molecule has 19 heavy (non-hydrogen) atoms. The summed E-state index contributed by atoms with van der Waals surface area (Å²) in [4.78, 5) is 0. The van der Waals surface area contributed by atoms with Crippen molar-refractivity contribution >= 4 is 6.98 Å². The fraction of sp³-hybridized carbons (Fsp3) is 0. The quantitative estimate of drug-likeness (QED) is 0.543. The Morgan fingerprint density at radius 3 is 1.79 bits per heavy atom. The maximum Gasteiger partial charge on any atom is 1.00 e. The summed E-state index contributed by atoms with van der Waals surface area (Å²) in [6.07, 6.45) is 0. The predicted molar refractivity (Wildman–Crippen MR) is 67.8 cm³/mol. The standard InChI is InChI=1S/C14H9BF3.K/c16-15(17,18)11-10-12-6-8-14(9-7-12)13-4-2-1-3-5-13;/h1-9H;/q-1;+1. The number of hydrogen-bond acceptors (Lipinski definition) is 0. The van der Waals surface area contributed by atoms with Crippen LogP contribution in [0.15, 0.2) is 54.6 Å². The topological polar surface area (TPSA) is 0 Å². The molecular weight excluding hydrogens is 275 g/mol. The van der Waals surface area contributed by atoms with Crippen LogP contribution in [-0.4, -0.2) is 6.98 Å². The van der Waals surface area contributed by atoms with Gasteiger partial charge in [-0.3, -0.25) is 0 Å². The first-order valence-electron chi connectivity index (χ1n) is 5.43. The van der Waals surface area contributed by atoms with Crippen LogP contribution in [0.1, 0.15) is 5.56 Å². The minimum atomic E-state index is -5.05. The molecule has 90 valence electrons. The Labute approximate surface area is 152 Å². The maximum absolute atomic E-state index is 12.0. The summed E-state index contributed by atoms with van der Waals surface area (Å²) in [5.74, 6) is 3.43. The van der Waals surface area contributed by atoms with E-state index in [0.29, 0.717) is 5.56 Å². The van der Waals surface area contributed by atoms with Gasteiger partial charge in [0, 0.05) is 5.56 Å². The molecule has 0 aromatic heterocycles. The molecule has 2 rings (SSSR count). The first-order valence-corrected chi connectivity index (χ1v) is 5.43. The molecular formula is C14H9BF3K. The molecule has 0 aliphatic heterocycles. The molecule has 5 heteroatoms. The molecule has 0 heterocycles. The second-order valence-corrected chi connectivity index (χ2v) is 3.79. The monoisotopic (exact) mass is 284 g/mol. The van der Waals surface area contributed by atoms with E-state index in [1.807, 2.05) is 30.3 Å². The van der Waals surface area contributed by atoms with E-state index in [1.54, 1.807) is 24.3 Å². The third-order valence-corrected chi connectivity index (χ3v) is 2.37. The molecule has 0 saturated carbocycles. The molecule has 0 radical (unpaired) electrons. The maximum atomic E-state index is 12.0. The van der Waals surface area contributed by atoms with Crippen LogP contribution in [-0.2, 0) is 0 Å². The van der Waals surface area contributed by atoms with Gasteiger partial charge in [0.1, 0.15) is 0 Å². The molecule has 0 saturated heterocycles. The summed E-state index contributed by atoms with van der Waals surface area (Å²) in [5.41, 5.74) is 2.35. The number of rotatable bonds is 1. The smallest absolute Gasteiger partial charge is 0.438 e. The van der Waals surface area contributed by atoms with E-state index in [9.17, 15) is 12.9 Å². The van der Waals surface area contributed by atoms with Gasteiger partial charge in [0.05, 0.1) is 0 Å². The van der Waals surface area contributed by atoms with Crippen molar-refractivity contribution in [2.75, 3.05) is 0 Å². The molecule has 0 atom stereocenters. The van der Waals surface area contributed by atoms with Crippen molar-refractivity contribution in [2.24, 2.45) is 0 Å². The van der Waals surface area contributed by atoms with Gasteiger partial charge in [-0.15, -0.1) is 5.92 Å². The van der Waals surface area contributed by atoms with Crippen LogP contribution < -0.4 is 51.4 Å². The van der Waals surface area contributed by atoms with E-state index < -0.39 is 6.98 Å². The van der Waals surface area contributed by atoms with Crippen LogP contribution in [0.4, 0.5) is 12.9 Å². The molecule has 0 aliphatic rings. The van der Waals surface area contributed by atoms with Gasteiger partial charge < -0.3 is 12.9 Å². The Hall–Kier alpha value is -0.509. The first kappa shape index (κ1) is 16.5. The summed E-state index contributed by atoms with van der Waals surface area (Å²) in [6, 6.07) is 16.3. The third kappa shape index (κ3) is 5.55. The Bertz CT molecular complexity index is 580. The molecule has 0 amide bonds. The van der Waals surface area contributed by atoms with Crippen molar-refractivity contribution < 1.29 is 64.3 Å². The van der Waals surface area contributed by atoms with E-state index in [1.165, 1.54) is 5.82 Å². The molecule has 0 fully saturated rings. The van der Waals surface area contributed by atoms with E-state index >= 15 is 0 Å². The van der Waals surface area contributed by atoms with Gasteiger partial charge in [-0.2, -0.15) is 5.82 Å². The summed E-state index contributed by atoms with van der Waals surface area (Å²) >= 11 is 0. The second-order valence-electron chi connectivity index (χ2n) is 3.79. The van der Waals surface area contributed by atoms with Crippen molar-refractivity contribution in [2.45, 2.75) is 0 Å². The minimum Gasteiger partial charge on any atom is -0.438 e. The van der Waals surface area contributed by atoms with Crippen LogP contribution in [0.5, 0.6) is 0 Å². The van der Waals surface area contributed by atoms with Gasteiger partial charge in [0.2, 0.25) is 0 Å². The van der Waals surface area contributed by atoms with Crippen LogP contribution in [0.2, 0.25) is 0 Å². The molecule has 0 N–H and O–H groups in total. The number of hydrogen-bond donors (Lipinski definition) is 0. The molecule has 2 aromatic carbocycles. The normalized spacial score (nSPS) is 10.1. The van der Waals surface area contributed by atoms with E-state index in [0.717, 1.165) is 11.1 Å². The fourth-order valence-corrected chi connectivity index (χ4v) is 1.54. The van der Waals surface area contributed by atoms with Crippen molar-refractivity contribution in [3.8, 4) is 22.9 Å². The van der Waals surface area contributed by atoms with Crippen LogP contribution in [0, 0.1) is 11.7 Å². The zero-order valence-electron chi connectivity index (χ0n) is 10.4. The van der Waals surface area contributed by atoms with Crippen LogP contribution in [0.25, 0.3) is 11.1 Å². The van der Waals surface area contributed by atoms with Crippen molar-refractivity contribution in [1.29, 1.82) is 0 Å². The van der Waals surface area contributed by atoms with E-state index in [-0.39, 0.29) is 51.4 Å². The van der Waals surface area contributed by atoms with Gasteiger partial charge >= 0.3 is 58.4 Å². The fourth-order valence-electron chi connectivity index (χ4n) is 1.54. The molecule has 0 unspecified atom stereocenters. The second kappa shape index (κ2) is 7.32. The molecule has 0 nitrogen and oxygen atoms in total. The van der Waals surface area contributed by atoms with E-state index in [2.05, 4.69) is 5.92 Å². The molecule has 0 spiro atoms. The SMILES string of the molecule is F[B-](F)(F)C#Cc1ccc(-c2ccccc2)cc1.[K+]. The Morgan fingerprint density at radius 1 is 0.737 bits per heavy atom. The third-order valence-electron chi connectivity index (χ3n) is 2.37. The zero-order valence-corrected chi connectivity index (χ0v) is 13.5.